The van der Waals surface area contributed by atoms with Crippen LogP contribution >= 0.6 is 11.8 Å². The van der Waals surface area contributed by atoms with Crippen molar-refractivity contribution >= 4 is 29.5 Å². The molecule has 1 aliphatic heterocycles. The van der Waals surface area contributed by atoms with Crippen LogP contribution in [0.1, 0.15) is 19.8 Å². The van der Waals surface area contributed by atoms with E-state index in [-0.39, 0.29) is 17.8 Å². The van der Waals surface area contributed by atoms with Gasteiger partial charge in [-0.3, -0.25) is 4.79 Å². The van der Waals surface area contributed by atoms with Crippen LogP contribution in [0.4, 0.5) is 0 Å². The van der Waals surface area contributed by atoms with Crippen molar-refractivity contribution in [1.29, 1.82) is 0 Å². The van der Waals surface area contributed by atoms with Gasteiger partial charge in [0.1, 0.15) is 5.78 Å². The van der Waals surface area contributed by atoms with Crippen molar-refractivity contribution < 1.29 is 23.9 Å². The molecule has 94 valence electrons. The van der Waals surface area contributed by atoms with Crippen molar-refractivity contribution in [3.05, 3.63) is 12.2 Å². The van der Waals surface area contributed by atoms with E-state index in [0.717, 1.165) is 0 Å². The number of ether oxygens (including phenoxy) is 2. The number of ketones is 1. The van der Waals surface area contributed by atoms with Crippen molar-refractivity contribution in [3.63, 3.8) is 0 Å². The molecule has 0 aromatic rings. The van der Waals surface area contributed by atoms with E-state index in [4.69, 9.17) is 4.74 Å². The van der Waals surface area contributed by atoms with Gasteiger partial charge in [-0.2, -0.15) is 0 Å². The molecule has 1 atom stereocenters. The minimum Gasteiger partial charge on any atom is -0.450 e. The second kappa shape index (κ2) is 6.44. The normalized spacial score (nSPS) is 19.6. The van der Waals surface area contributed by atoms with Gasteiger partial charge in [0.05, 0.1) is 6.42 Å². The number of thioether (sulfide) groups is 1. The van der Waals surface area contributed by atoms with Gasteiger partial charge in [0, 0.05) is 17.7 Å². The van der Waals surface area contributed by atoms with Gasteiger partial charge in [0.2, 0.25) is 0 Å². The van der Waals surface area contributed by atoms with Crippen molar-refractivity contribution in [3.8, 4) is 0 Å². The molecule has 0 saturated carbocycles. The summed E-state index contributed by atoms with van der Waals surface area (Å²) in [5.74, 6) is -0.538. The zero-order valence-electron chi connectivity index (χ0n) is 9.56. The molecule has 1 fully saturated rings. The van der Waals surface area contributed by atoms with Gasteiger partial charge in [-0.15, -0.1) is 11.8 Å². The molecule has 1 rings (SSSR count). The maximum Gasteiger partial charge on any atom is 0.345 e. The first-order valence-electron chi connectivity index (χ1n) is 5.14. The molecule has 0 spiro atoms. The lowest BCUT2D eigenvalue weighted by molar-refractivity contribution is -0.158. The third-order valence-corrected chi connectivity index (χ3v) is 3.09. The third kappa shape index (κ3) is 5.04. The van der Waals surface area contributed by atoms with Gasteiger partial charge < -0.3 is 9.47 Å². The zero-order valence-corrected chi connectivity index (χ0v) is 10.4. The SMILES string of the molecule is C=C(C)C(=O)OCC(=O)OC1CC(=O)CCS1. The van der Waals surface area contributed by atoms with E-state index in [9.17, 15) is 14.4 Å². The van der Waals surface area contributed by atoms with Crippen molar-refractivity contribution in [2.24, 2.45) is 0 Å². The second-order valence-electron chi connectivity index (χ2n) is 3.64. The van der Waals surface area contributed by atoms with E-state index in [0.29, 0.717) is 12.2 Å². The third-order valence-electron chi connectivity index (χ3n) is 2.01. The highest BCUT2D eigenvalue weighted by Crippen LogP contribution is 2.23. The van der Waals surface area contributed by atoms with Gasteiger partial charge in [0.25, 0.3) is 0 Å². The molecule has 1 unspecified atom stereocenters. The summed E-state index contributed by atoms with van der Waals surface area (Å²) in [7, 11) is 0. The van der Waals surface area contributed by atoms with Gasteiger partial charge in [-0.25, -0.2) is 9.59 Å². The molecule has 5 nitrogen and oxygen atoms in total. The molecule has 0 aromatic heterocycles. The number of rotatable bonds is 4. The topological polar surface area (TPSA) is 69.7 Å². The maximum absolute atomic E-state index is 11.3. The van der Waals surface area contributed by atoms with Crippen LogP contribution in [0.5, 0.6) is 0 Å². The Labute approximate surface area is 104 Å². The predicted octanol–water partition coefficient (Wildman–Crippen LogP) is 1.07. The number of hydrogen-bond acceptors (Lipinski definition) is 6. The summed E-state index contributed by atoms with van der Waals surface area (Å²) in [5.41, 5.74) is -0.229. The predicted molar refractivity (Wildman–Crippen MR) is 62.4 cm³/mol. The summed E-state index contributed by atoms with van der Waals surface area (Å²) in [5, 5.41) is 0. The van der Waals surface area contributed by atoms with Crippen molar-refractivity contribution in [1.82, 2.24) is 0 Å². The molecule has 1 saturated heterocycles. The number of hydrogen-bond donors (Lipinski definition) is 0. The Morgan fingerprint density at radius 1 is 1.53 bits per heavy atom. The Kier molecular flexibility index (Phi) is 5.21. The fraction of sp³-hybridized carbons (Fsp3) is 0.545. The Bertz CT molecular complexity index is 350. The first kappa shape index (κ1) is 13.8. The lowest BCUT2D eigenvalue weighted by Gasteiger charge is -2.20. The average Bonchev–Trinajstić information content (AvgIpc) is 2.25. The van der Waals surface area contributed by atoms with E-state index in [1.165, 1.54) is 18.7 Å². The molecule has 6 heteroatoms. The minimum absolute atomic E-state index is 0.0838. The molecule has 17 heavy (non-hydrogen) atoms. The largest absolute Gasteiger partial charge is 0.450 e. The quantitative estimate of drug-likeness (QED) is 0.555. The van der Waals surface area contributed by atoms with Crippen LogP contribution in [0.3, 0.4) is 0 Å². The first-order valence-corrected chi connectivity index (χ1v) is 6.19. The van der Waals surface area contributed by atoms with E-state index in [1.54, 1.807) is 0 Å². The monoisotopic (exact) mass is 258 g/mol. The lowest BCUT2D eigenvalue weighted by atomic mass is 10.2. The van der Waals surface area contributed by atoms with Crippen LogP contribution in [-0.4, -0.2) is 35.5 Å². The van der Waals surface area contributed by atoms with Crippen molar-refractivity contribution in [2.75, 3.05) is 12.4 Å². The number of carbonyl (C=O) groups is 3. The zero-order chi connectivity index (χ0) is 12.8. The standard InChI is InChI=1S/C11H14O5S/c1-7(2)11(14)15-6-9(13)16-10-5-8(12)3-4-17-10/h10H,1,3-6H2,2H3. The molecule has 0 bridgehead atoms. The molecule has 1 aliphatic rings. The second-order valence-corrected chi connectivity index (χ2v) is 4.91. The van der Waals surface area contributed by atoms with Crippen LogP contribution in [0, 0.1) is 0 Å². The molecule has 0 radical (unpaired) electrons. The Morgan fingerprint density at radius 3 is 2.82 bits per heavy atom. The molecular weight excluding hydrogens is 244 g/mol. The molecule has 0 amide bonds. The molecule has 1 heterocycles. The maximum atomic E-state index is 11.3. The Morgan fingerprint density at radius 2 is 2.24 bits per heavy atom. The van der Waals surface area contributed by atoms with E-state index >= 15 is 0 Å². The van der Waals surface area contributed by atoms with Gasteiger partial charge in [-0.1, -0.05) is 6.58 Å². The van der Waals surface area contributed by atoms with Crippen LogP contribution in [0.15, 0.2) is 12.2 Å². The summed E-state index contributed by atoms with van der Waals surface area (Å²) in [6, 6.07) is 0. The molecule has 0 aromatic carbocycles. The summed E-state index contributed by atoms with van der Waals surface area (Å²) < 4.78 is 9.61. The highest BCUT2D eigenvalue weighted by molar-refractivity contribution is 7.99. The van der Waals surface area contributed by atoms with Crippen molar-refractivity contribution in [2.45, 2.75) is 25.2 Å². The minimum atomic E-state index is -0.646. The Hall–Kier alpha value is -1.30. The summed E-state index contributed by atoms with van der Waals surface area (Å²) in [4.78, 5) is 33.4. The fourth-order valence-electron chi connectivity index (χ4n) is 1.16. The number of Topliss-reactive ketones (excluding diaryl/α,β-unsaturated/α-hetero) is 1. The van der Waals surface area contributed by atoms with Crippen LogP contribution < -0.4 is 0 Å². The van der Waals surface area contributed by atoms with Crippen LogP contribution in [0.2, 0.25) is 0 Å². The summed E-state index contributed by atoms with van der Waals surface area (Å²) in [6.45, 7) is 4.43. The molecule has 0 aliphatic carbocycles. The Balaban J connectivity index is 2.27. The van der Waals surface area contributed by atoms with E-state index < -0.39 is 24.0 Å². The van der Waals surface area contributed by atoms with Crippen LogP contribution in [0.25, 0.3) is 0 Å². The van der Waals surface area contributed by atoms with Gasteiger partial charge in [-0.05, 0) is 6.92 Å². The van der Waals surface area contributed by atoms with E-state index in [2.05, 4.69) is 11.3 Å². The van der Waals surface area contributed by atoms with E-state index in [1.807, 2.05) is 0 Å². The van der Waals surface area contributed by atoms with Gasteiger partial charge >= 0.3 is 11.9 Å². The number of esters is 2. The average molecular weight is 258 g/mol. The lowest BCUT2D eigenvalue weighted by Crippen LogP contribution is -2.26. The molecular formula is C11H14O5S. The van der Waals surface area contributed by atoms with Crippen LogP contribution in [-0.2, 0) is 23.9 Å². The fourth-order valence-corrected chi connectivity index (χ4v) is 2.24. The number of carbonyl (C=O) groups excluding carboxylic acids is 3. The van der Waals surface area contributed by atoms with Gasteiger partial charge in [0.15, 0.2) is 12.0 Å². The molecule has 0 N–H and O–H groups in total. The summed E-state index contributed by atoms with van der Waals surface area (Å²) in [6.07, 6.45) is 0.744. The highest BCUT2D eigenvalue weighted by atomic mass is 32.2. The first-order chi connectivity index (χ1) is 7.99. The summed E-state index contributed by atoms with van der Waals surface area (Å²) >= 11 is 1.41. The smallest absolute Gasteiger partial charge is 0.345 e. The highest BCUT2D eigenvalue weighted by Gasteiger charge is 2.23.